The molecule has 19 heavy (non-hydrogen) atoms. The standard InChI is InChI=1S/C15H22N2O2/c18-10-9-16-14(19)17-12-15(7-4-8-15)11-13-5-2-1-3-6-13/h1-3,5-6,18H,4,7-12H2,(H2,16,17,19). The van der Waals surface area contributed by atoms with Crippen LogP contribution in [0.15, 0.2) is 30.3 Å². The van der Waals surface area contributed by atoms with Crippen molar-refractivity contribution in [3.8, 4) is 0 Å². The van der Waals surface area contributed by atoms with Gasteiger partial charge in [-0.25, -0.2) is 4.79 Å². The Balaban J connectivity index is 1.83. The van der Waals surface area contributed by atoms with Gasteiger partial charge in [-0.1, -0.05) is 36.8 Å². The van der Waals surface area contributed by atoms with E-state index in [4.69, 9.17) is 5.11 Å². The predicted octanol–water partition coefficient (Wildman–Crippen LogP) is 1.69. The van der Waals surface area contributed by atoms with E-state index in [0.717, 1.165) is 6.42 Å². The minimum absolute atomic E-state index is 0.0252. The lowest BCUT2D eigenvalue weighted by Gasteiger charge is -2.42. The Bertz CT molecular complexity index is 402. The number of hydrogen-bond donors (Lipinski definition) is 3. The van der Waals surface area contributed by atoms with E-state index < -0.39 is 0 Å². The molecule has 0 heterocycles. The first-order chi connectivity index (χ1) is 9.24. The number of carbonyl (C=O) groups is 1. The molecule has 1 aromatic carbocycles. The molecule has 104 valence electrons. The molecule has 2 rings (SSSR count). The van der Waals surface area contributed by atoms with Gasteiger partial charge in [0.25, 0.3) is 0 Å². The molecule has 0 atom stereocenters. The lowest BCUT2D eigenvalue weighted by Crippen LogP contribution is -2.47. The number of amides is 2. The minimum atomic E-state index is -0.187. The van der Waals surface area contributed by atoms with Crippen LogP contribution in [0.5, 0.6) is 0 Å². The van der Waals surface area contributed by atoms with Crippen molar-refractivity contribution in [2.45, 2.75) is 25.7 Å². The highest BCUT2D eigenvalue weighted by molar-refractivity contribution is 5.73. The Morgan fingerprint density at radius 1 is 1.21 bits per heavy atom. The lowest BCUT2D eigenvalue weighted by atomic mass is 9.65. The molecule has 0 saturated heterocycles. The van der Waals surface area contributed by atoms with Crippen molar-refractivity contribution in [3.05, 3.63) is 35.9 Å². The molecule has 1 saturated carbocycles. The number of nitrogens with one attached hydrogen (secondary N) is 2. The number of rotatable bonds is 6. The SMILES string of the molecule is O=C(NCCO)NCC1(Cc2ccccc2)CCC1. The van der Waals surface area contributed by atoms with Crippen LogP contribution >= 0.6 is 0 Å². The Hall–Kier alpha value is -1.55. The quantitative estimate of drug-likeness (QED) is 0.730. The van der Waals surface area contributed by atoms with Gasteiger partial charge in [0, 0.05) is 13.1 Å². The van der Waals surface area contributed by atoms with Gasteiger partial charge in [-0.05, 0) is 30.2 Å². The topological polar surface area (TPSA) is 61.4 Å². The summed E-state index contributed by atoms with van der Waals surface area (Å²) in [6.45, 7) is 0.985. The molecular weight excluding hydrogens is 240 g/mol. The van der Waals surface area contributed by atoms with Gasteiger partial charge in [-0.3, -0.25) is 0 Å². The summed E-state index contributed by atoms with van der Waals surface area (Å²) in [7, 11) is 0. The van der Waals surface area contributed by atoms with Gasteiger partial charge in [0.1, 0.15) is 0 Å². The normalized spacial score (nSPS) is 16.5. The summed E-state index contributed by atoms with van der Waals surface area (Å²) in [5.74, 6) is 0. The van der Waals surface area contributed by atoms with Gasteiger partial charge in [-0.2, -0.15) is 0 Å². The van der Waals surface area contributed by atoms with Crippen LogP contribution in [-0.4, -0.2) is 30.8 Å². The van der Waals surface area contributed by atoms with E-state index in [9.17, 15) is 4.79 Å². The van der Waals surface area contributed by atoms with Crippen molar-refractivity contribution in [1.82, 2.24) is 10.6 Å². The fourth-order valence-electron chi connectivity index (χ4n) is 2.62. The molecular formula is C15H22N2O2. The third-order valence-corrected chi connectivity index (χ3v) is 3.86. The maximum Gasteiger partial charge on any atom is 0.314 e. The van der Waals surface area contributed by atoms with E-state index in [1.54, 1.807) is 0 Å². The molecule has 1 fully saturated rings. The highest BCUT2D eigenvalue weighted by Crippen LogP contribution is 2.43. The molecule has 0 spiro atoms. The predicted molar refractivity (Wildman–Crippen MR) is 74.9 cm³/mol. The third kappa shape index (κ3) is 3.96. The zero-order valence-electron chi connectivity index (χ0n) is 11.2. The van der Waals surface area contributed by atoms with Crippen molar-refractivity contribution in [2.75, 3.05) is 19.7 Å². The van der Waals surface area contributed by atoms with Crippen LogP contribution in [-0.2, 0) is 6.42 Å². The van der Waals surface area contributed by atoms with Gasteiger partial charge in [0.05, 0.1) is 6.61 Å². The van der Waals surface area contributed by atoms with Crippen molar-refractivity contribution >= 4 is 6.03 Å². The van der Waals surface area contributed by atoms with Crippen LogP contribution in [0.25, 0.3) is 0 Å². The summed E-state index contributed by atoms with van der Waals surface area (Å²) >= 11 is 0. The highest BCUT2D eigenvalue weighted by atomic mass is 16.3. The van der Waals surface area contributed by atoms with E-state index in [-0.39, 0.29) is 18.1 Å². The number of hydrogen-bond acceptors (Lipinski definition) is 2. The smallest absolute Gasteiger partial charge is 0.314 e. The summed E-state index contributed by atoms with van der Waals surface area (Å²) in [5.41, 5.74) is 1.55. The van der Waals surface area contributed by atoms with E-state index in [1.165, 1.54) is 24.8 Å². The second kappa shape index (κ2) is 6.57. The van der Waals surface area contributed by atoms with Crippen LogP contribution in [0, 0.1) is 5.41 Å². The Morgan fingerprint density at radius 2 is 1.95 bits per heavy atom. The van der Waals surface area contributed by atoms with Gasteiger partial charge < -0.3 is 15.7 Å². The molecule has 2 amide bonds. The van der Waals surface area contributed by atoms with Gasteiger partial charge in [0.15, 0.2) is 0 Å². The molecule has 0 radical (unpaired) electrons. The summed E-state index contributed by atoms with van der Waals surface area (Å²) in [4.78, 5) is 11.5. The van der Waals surface area contributed by atoms with Crippen LogP contribution in [0.4, 0.5) is 4.79 Å². The average molecular weight is 262 g/mol. The van der Waals surface area contributed by atoms with Crippen molar-refractivity contribution in [1.29, 1.82) is 0 Å². The maximum atomic E-state index is 11.5. The largest absolute Gasteiger partial charge is 0.395 e. The Morgan fingerprint density at radius 3 is 2.53 bits per heavy atom. The molecule has 0 unspecified atom stereocenters. The van der Waals surface area contributed by atoms with Gasteiger partial charge >= 0.3 is 6.03 Å². The fourth-order valence-corrected chi connectivity index (χ4v) is 2.62. The lowest BCUT2D eigenvalue weighted by molar-refractivity contribution is 0.131. The summed E-state index contributed by atoms with van der Waals surface area (Å²) in [5, 5.41) is 14.2. The first kappa shape index (κ1) is 13.9. The molecule has 1 aromatic rings. The summed E-state index contributed by atoms with van der Waals surface area (Å²) in [6.07, 6.45) is 4.60. The van der Waals surface area contributed by atoms with Crippen LogP contribution < -0.4 is 10.6 Å². The third-order valence-electron chi connectivity index (χ3n) is 3.86. The maximum absolute atomic E-state index is 11.5. The molecule has 3 N–H and O–H groups in total. The van der Waals surface area contributed by atoms with Crippen LogP contribution in [0.1, 0.15) is 24.8 Å². The fraction of sp³-hybridized carbons (Fsp3) is 0.533. The van der Waals surface area contributed by atoms with E-state index >= 15 is 0 Å². The Labute approximate surface area is 114 Å². The molecule has 1 aliphatic carbocycles. The monoisotopic (exact) mass is 262 g/mol. The number of carbonyl (C=O) groups excluding carboxylic acids is 1. The second-order valence-corrected chi connectivity index (χ2v) is 5.35. The zero-order chi connectivity index (χ0) is 13.6. The second-order valence-electron chi connectivity index (χ2n) is 5.35. The molecule has 0 aliphatic heterocycles. The summed E-state index contributed by atoms with van der Waals surface area (Å²) in [6, 6.07) is 10.2. The molecule has 4 heteroatoms. The number of aliphatic hydroxyl groups excluding tert-OH is 1. The molecule has 0 aromatic heterocycles. The Kier molecular flexibility index (Phi) is 4.80. The van der Waals surface area contributed by atoms with Crippen LogP contribution in [0.3, 0.4) is 0 Å². The molecule has 1 aliphatic rings. The van der Waals surface area contributed by atoms with E-state index in [1.807, 2.05) is 6.07 Å². The number of aliphatic hydroxyl groups is 1. The van der Waals surface area contributed by atoms with Crippen molar-refractivity contribution in [2.24, 2.45) is 5.41 Å². The first-order valence-electron chi connectivity index (χ1n) is 6.91. The average Bonchev–Trinajstić information content (AvgIpc) is 2.40. The number of benzene rings is 1. The highest BCUT2D eigenvalue weighted by Gasteiger charge is 2.37. The zero-order valence-corrected chi connectivity index (χ0v) is 11.2. The minimum Gasteiger partial charge on any atom is -0.395 e. The van der Waals surface area contributed by atoms with Gasteiger partial charge in [-0.15, -0.1) is 0 Å². The first-order valence-corrected chi connectivity index (χ1v) is 6.91. The van der Waals surface area contributed by atoms with E-state index in [0.29, 0.717) is 13.1 Å². The number of urea groups is 1. The van der Waals surface area contributed by atoms with Gasteiger partial charge in [0.2, 0.25) is 0 Å². The molecule has 4 nitrogen and oxygen atoms in total. The van der Waals surface area contributed by atoms with Crippen LogP contribution in [0.2, 0.25) is 0 Å². The van der Waals surface area contributed by atoms with Crippen molar-refractivity contribution in [3.63, 3.8) is 0 Å². The summed E-state index contributed by atoms with van der Waals surface area (Å²) < 4.78 is 0. The van der Waals surface area contributed by atoms with E-state index in [2.05, 4.69) is 34.9 Å². The van der Waals surface area contributed by atoms with Crippen molar-refractivity contribution < 1.29 is 9.90 Å². The molecule has 0 bridgehead atoms.